The van der Waals surface area contributed by atoms with Gasteiger partial charge in [-0.25, -0.2) is 0 Å². The van der Waals surface area contributed by atoms with Crippen molar-refractivity contribution in [2.24, 2.45) is 5.73 Å². The summed E-state index contributed by atoms with van der Waals surface area (Å²) < 4.78 is 0. The summed E-state index contributed by atoms with van der Waals surface area (Å²) in [4.78, 5) is 11.5. The van der Waals surface area contributed by atoms with E-state index in [-0.39, 0.29) is 18.0 Å². The van der Waals surface area contributed by atoms with Crippen molar-refractivity contribution in [1.29, 1.82) is 5.26 Å². The lowest BCUT2D eigenvalue weighted by Gasteiger charge is -2.15. The molecule has 0 heterocycles. The molecule has 0 aliphatic rings. The van der Waals surface area contributed by atoms with Crippen molar-refractivity contribution in [3.8, 4) is 6.07 Å². The largest absolute Gasteiger partial charge is 0.350 e. The van der Waals surface area contributed by atoms with E-state index in [1.54, 1.807) is 19.1 Å². The Morgan fingerprint density at radius 1 is 1.41 bits per heavy atom. The highest BCUT2D eigenvalue weighted by Gasteiger charge is 2.10. The molecule has 0 bridgehead atoms. The van der Waals surface area contributed by atoms with Gasteiger partial charge in [-0.1, -0.05) is 12.1 Å². The lowest BCUT2D eigenvalue weighted by molar-refractivity contribution is -0.122. The first-order valence-electron chi connectivity index (χ1n) is 5.58. The quantitative estimate of drug-likeness (QED) is 0.823. The van der Waals surface area contributed by atoms with E-state index in [4.69, 9.17) is 11.0 Å². The molecule has 4 heteroatoms. The highest BCUT2D eigenvalue weighted by atomic mass is 16.1. The van der Waals surface area contributed by atoms with Gasteiger partial charge in [0.2, 0.25) is 5.91 Å². The summed E-state index contributed by atoms with van der Waals surface area (Å²) in [5, 5.41) is 11.5. The number of hydrogen-bond donors (Lipinski definition) is 2. The highest BCUT2D eigenvalue weighted by molar-refractivity contribution is 5.76. The van der Waals surface area contributed by atoms with Crippen molar-refractivity contribution in [2.75, 3.05) is 0 Å². The highest BCUT2D eigenvalue weighted by Crippen LogP contribution is 2.13. The fourth-order valence-corrected chi connectivity index (χ4v) is 1.52. The van der Waals surface area contributed by atoms with Crippen LogP contribution in [0.4, 0.5) is 0 Å². The number of nitrogens with zero attached hydrogens (tertiary/aromatic N) is 1. The molecule has 4 nitrogen and oxygen atoms in total. The minimum absolute atomic E-state index is 0.0585. The average molecular weight is 231 g/mol. The number of carbonyl (C=O) groups is 1. The Morgan fingerprint density at radius 2 is 2.00 bits per heavy atom. The molecule has 0 saturated carbocycles. The summed E-state index contributed by atoms with van der Waals surface area (Å²) in [6.07, 6.45) is 0.320. The van der Waals surface area contributed by atoms with Gasteiger partial charge in [0.1, 0.15) is 0 Å². The molecule has 1 amide bonds. The molecule has 1 rings (SSSR count). The van der Waals surface area contributed by atoms with Crippen molar-refractivity contribution in [1.82, 2.24) is 5.32 Å². The van der Waals surface area contributed by atoms with Gasteiger partial charge < -0.3 is 11.1 Å². The van der Waals surface area contributed by atoms with Crippen LogP contribution >= 0.6 is 0 Å². The molecule has 0 fully saturated rings. The van der Waals surface area contributed by atoms with Gasteiger partial charge in [-0.2, -0.15) is 5.26 Å². The normalized spacial score (nSPS) is 13.5. The SMILES string of the molecule is CC(N)CC(=O)NC(C)c1ccc(C#N)cc1. The Kier molecular flexibility index (Phi) is 4.68. The molecule has 90 valence electrons. The lowest BCUT2D eigenvalue weighted by atomic mass is 10.1. The Bertz CT molecular complexity index is 417. The zero-order chi connectivity index (χ0) is 12.8. The Balaban J connectivity index is 2.60. The molecular weight excluding hydrogens is 214 g/mol. The van der Waals surface area contributed by atoms with Crippen LogP contribution in [-0.4, -0.2) is 11.9 Å². The molecule has 0 aromatic heterocycles. The van der Waals surface area contributed by atoms with Crippen LogP contribution in [0.2, 0.25) is 0 Å². The summed E-state index contributed by atoms with van der Waals surface area (Å²) in [5.74, 6) is -0.0585. The first-order valence-corrected chi connectivity index (χ1v) is 5.58. The monoisotopic (exact) mass is 231 g/mol. The fraction of sp³-hybridized carbons (Fsp3) is 0.385. The van der Waals surface area contributed by atoms with Crippen LogP contribution in [-0.2, 0) is 4.79 Å². The third kappa shape index (κ3) is 4.25. The number of benzene rings is 1. The number of nitriles is 1. The second kappa shape index (κ2) is 6.02. The molecule has 3 N–H and O–H groups in total. The topological polar surface area (TPSA) is 78.9 Å². The third-order valence-corrected chi connectivity index (χ3v) is 2.42. The van der Waals surface area contributed by atoms with E-state index in [1.165, 1.54) is 0 Å². The van der Waals surface area contributed by atoms with Gasteiger partial charge in [-0.3, -0.25) is 4.79 Å². The fourth-order valence-electron chi connectivity index (χ4n) is 1.52. The van der Waals surface area contributed by atoms with Crippen LogP contribution in [0.5, 0.6) is 0 Å². The summed E-state index contributed by atoms with van der Waals surface area (Å²) >= 11 is 0. The maximum atomic E-state index is 11.5. The Hall–Kier alpha value is -1.86. The van der Waals surface area contributed by atoms with Gasteiger partial charge in [0.15, 0.2) is 0 Å². The van der Waals surface area contributed by atoms with Crippen molar-refractivity contribution in [3.63, 3.8) is 0 Å². The standard InChI is InChI=1S/C13H17N3O/c1-9(15)7-13(17)16-10(2)12-5-3-11(8-14)4-6-12/h3-6,9-10H,7,15H2,1-2H3,(H,16,17). The van der Waals surface area contributed by atoms with Crippen LogP contribution in [0.25, 0.3) is 0 Å². The van der Waals surface area contributed by atoms with E-state index in [0.29, 0.717) is 12.0 Å². The van der Waals surface area contributed by atoms with Gasteiger partial charge in [-0.15, -0.1) is 0 Å². The van der Waals surface area contributed by atoms with Crippen LogP contribution in [0.1, 0.15) is 37.4 Å². The molecule has 0 spiro atoms. The third-order valence-electron chi connectivity index (χ3n) is 2.42. The number of nitrogens with two attached hydrogens (primary N) is 1. The lowest BCUT2D eigenvalue weighted by Crippen LogP contribution is -2.31. The van der Waals surface area contributed by atoms with Gasteiger partial charge in [0.25, 0.3) is 0 Å². The number of hydrogen-bond acceptors (Lipinski definition) is 3. The maximum Gasteiger partial charge on any atom is 0.222 e. The van der Waals surface area contributed by atoms with E-state index >= 15 is 0 Å². The van der Waals surface area contributed by atoms with Gasteiger partial charge in [0, 0.05) is 12.5 Å². The predicted octanol–water partition coefficient (Wildman–Crippen LogP) is 1.47. The molecule has 0 saturated heterocycles. The van der Waals surface area contributed by atoms with Crippen LogP contribution in [0.15, 0.2) is 24.3 Å². The van der Waals surface area contributed by atoms with Gasteiger partial charge >= 0.3 is 0 Å². The molecule has 2 unspecified atom stereocenters. The number of nitrogens with one attached hydrogen (secondary N) is 1. The number of rotatable bonds is 4. The first-order chi connectivity index (χ1) is 8.02. The van der Waals surface area contributed by atoms with Crippen molar-refractivity contribution < 1.29 is 4.79 Å². The summed E-state index contributed by atoms with van der Waals surface area (Å²) in [6.45, 7) is 3.70. The summed E-state index contributed by atoms with van der Waals surface area (Å²) in [6, 6.07) is 9.01. The molecule has 1 aromatic carbocycles. The summed E-state index contributed by atoms with van der Waals surface area (Å²) in [7, 11) is 0. The zero-order valence-corrected chi connectivity index (χ0v) is 10.1. The molecule has 0 radical (unpaired) electrons. The van der Waals surface area contributed by atoms with Crippen LogP contribution in [0.3, 0.4) is 0 Å². The molecule has 1 aromatic rings. The summed E-state index contributed by atoms with van der Waals surface area (Å²) in [5.41, 5.74) is 7.14. The minimum Gasteiger partial charge on any atom is -0.350 e. The second-order valence-corrected chi connectivity index (χ2v) is 4.20. The van der Waals surface area contributed by atoms with Crippen LogP contribution < -0.4 is 11.1 Å². The maximum absolute atomic E-state index is 11.5. The molecule has 0 aliphatic heterocycles. The molecule has 2 atom stereocenters. The van der Waals surface area contributed by atoms with Crippen LogP contribution in [0, 0.1) is 11.3 Å². The Labute approximate surface area is 101 Å². The molecule has 0 aliphatic carbocycles. The first kappa shape index (κ1) is 13.2. The van der Waals surface area contributed by atoms with Gasteiger partial charge in [-0.05, 0) is 31.5 Å². The molecule has 17 heavy (non-hydrogen) atoms. The van der Waals surface area contributed by atoms with E-state index < -0.39 is 0 Å². The number of amides is 1. The smallest absolute Gasteiger partial charge is 0.222 e. The second-order valence-electron chi connectivity index (χ2n) is 4.20. The Morgan fingerprint density at radius 3 is 2.47 bits per heavy atom. The minimum atomic E-state index is -0.136. The van der Waals surface area contributed by atoms with Crippen molar-refractivity contribution in [3.05, 3.63) is 35.4 Å². The van der Waals surface area contributed by atoms with Crippen molar-refractivity contribution in [2.45, 2.75) is 32.4 Å². The van der Waals surface area contributed by atoms with Crippen molar-refractivity contribution >= 4 is 5.91 Å². The predicted molar refractivity (Wildman–Crippen MR) is 66.0 cm³/mol. The van der Waals surface area contributed by atoms with E-state index in [0.717, 1.165) is 5.56 Å². The zero-order valence-electron chi connectivity index (χ0n) is 10.1. The van der Waals surface area contributed by atoms with Gasteiger partial charge in [0.05, 0.1) is 17.7 Å². The number of carbonyl (C=O) groups excluding carboxylic acids is 1. The van der Waals surface area contributed by atoms with E-state index in [9.17, 15) is 4.79 Å². The average Bonchev–Trinajstić information content (AvgIpc) is 2.28. The van der Waals surface area contributed by atoms with E-state index in [1.807, 2.05) is 19.1 Å². The van der Waals surface area contributed by atoms with E-state index in [2.05, 4.69) is 11.4 Å². The molecular formula is C13H17N3O.